The molecule has 2 unspecified atom stereocenters. The number of hydrogen-bond donors (Lipinski definition) is 2. The highest BCUT2D eigenvalue weighted by Crippen LogP contribution is 2.49. The maximum Gasteiger partial charge on any atom is 0.405 e. The number of carbonyl (C=O) groups excluding carboxylic acids is 2. The van der Waals surface area contributed by atoms with E-state index in [9.17, 15) is 31.5 Å². The fourth-order valence-electron chi connectivity index (χ4n) is 5.51. The van der Waals surface area contributed by atoms with Gasteiger partial charge in [0.05, 0.1) is 11.0 Å². The lowest BCUT2D eigenvalue weighted by molar-refractivity contribution is -0.124. The quantitative estimate of drug-likeness (QED) is 0.579. The number of rotatable bonds is 6. The second-order valence-electron chi connectivity index (χ2n) is 9.85. The summed E-state index contributed by atoms with van der Waals surface area (Å²) in [6.45, 7) is -1.41. The van der Waals surface area contributed by atoms with Crippen molar-refractivity contribution in [2.75, 3.05) is 11.4 Å². The van der Waals surface area contributed by atoms with Crippen LogP contribution >= 0.6 is 0 Å². The number of anilines is 1. The Morgan fingerprint density at radius 2 is 1.72 bits per heavy atom. The predicted molar refractivity (Wildman–Crippen MR) is 120 cm³/mol. The maximum atomic E-state index is 13.7. The summed E-state index contributed by atoms with van der Waals surface area (Å²) in [6, 6.07) is 6.88. The Labute approximate surface area is 204 Å². The molecule has 1 aromatic carbocycles. The molecule has 2 bridgehead atoms. The molecule has 3 fully saturated rings. The average Bonchev–Trinajstić information content (AvgIpc) is 3.60. The van der Waals surface area contributed by atoms with Crippen molar-refractivity contribution in [3.05, 3.63) is 59.3 Å². The molecule has 0 radical (unpaired) electrons. The minimum atomic E-state index is -4.49. The van der Waals surface area contributed by atoms with Crippen LogP contribution in [0.2, 0.25) is 0 Å². The van der Waals surface area contributed by atoms with Crippen molar-refractivity contribution in [2.24, 2.45) is 0 Å². The first kappa shape index (κ1) is 24.5. The van der Waals surface area contributed by atoms with E-state index in [1.54, 1.807) is 6.07 Å². The van der Waals surface area contributed by atoms with Crippen LogP contribution in [0.25, 0.3) is 0 Å². The zero-order chi connectivity index (χ0) is 25.7. The van der Waals surface area contributed by atoms with E-state index in [4.69, 9.17) is 0 Å². The van der Waals surface area contributed by atoms with Gasteiger partial charge >= 0.3 is 6.18 Å². The molecule has 6 nitrogen and oxygen atoms in total. The van der Waals surface area contributed by atoms with E-state index in [1.165, 1.54) is 18.3 Å². The van der Waals surface area contributed by atoms with E-state index in [0.717, 1.165) is 25.0 Å². The van der Waals surface area contributed by atoms with Crippen LogP contribution in [0, 0.1) is 11.6 Å². The van der Waals surface area contributed by atoms with Crippen LogP contribution in [-0.2, 0) is 10.2 Å². The molecule has 36 heavy (non-hydrogen) atoms. The topological polar surface area (TPSA) is 74.3 Å². The number of pyridine rings is 1. The lowest BCUT2D eigenvalue weighted by Gasteiger charge is -2.40. The van der Waals surface area contributed by atoms with Crippen molar-refractivity contribution < 1.29 is 31.5 Å². The standard InChI is InChI=1S/C25H25F5N4O2/c26-19-5-2-15(9-20(19)27)24(7-8-24)23(36)33-16-10-17-3-4-18(11-16)34(17)21-6-1-14(12-31-21)22(35)32-13-25(28,29)30/h1-2,5-6,9,12,16-18H,3-4,7-8,10-11,13H2,(H,32,35)(H,33,36). The number of aromatic nitrogens is 1. The van der Waals surface area contributed by atoms with E-state index >= 15 is 0 Å². The number of nitrogens with one attached hydrogen (secondary N) is 2. The molecule has 2 saturated heterocycles. The molecule has 0 spiro atoms. The first-order chi connectivity index (χ1) is 17.1. The van der Waals surface area contributed by atoms with Crippen LogP contribution in [0.4, 0.5) is 27.8 Å². The summed E-state index contributed by atoms with van der Waals surface area (Å²) in [5, 5.41) is 4.96. The fourth-order valence-corrected chi connectivity index (χ4v) is 5.51. The van der Waals surface area contributed by atoms with Gasteiger partial charge in [-0.25, -0.2) is 13.8 Å². The number of fused-ring (bicyclic) bond motifs is 2. The number of benzene rings is 1. The first-order valence-electron chi connectivity index (χ1n) is 11.9. The van der Waals surface area contributed by atoms with Crippen LogP contribution in [0.15, 0.2) is 36.5 Å². The molecular formula is C25H25F5N4O2. The van der Waals surface area contributed by atoms with E-state index in [2.05, 4.69) is 15.2 Å². The van der Waals surface area contributed by atoms with Crippen molar-refractivity contribution in [3.8, 4) is 0 Å². The molecule has 5 rings (SSSR count). The van der Waals surface area contributed by atoms with E-state index < -0.39 is 35.7 Å². The Bertz CT molecular complexity index is 1150. The van der Waals surface area contributed by atoms with Gasteiger partial charge in [-0.2, -0.15) is 13.2 Å². The third kappa shape index (κ3) is 4.75. The van der Waals surface area contributed by atoms with Gasteiger partial charge in [0.15, 0.2) is 11.6 Å². The van der Waals surface area contributed by atoms with Crippen molar-refractivity contribution in [1.82, 2.24) is 15.6 Å². The van der Waals surface area contributed by atoms with Crippen LogP contribution in [0.5, 0.6) is 0 Å². The SMILES string of the molecule is O=C(NCC(F)(F)F)c1ccc(N2C3CCC2CC(NC(=O)C2(c4ccc(F)c(F)c4)CC2)C3)nc1. The van der Waals surface area contributed by atoms with Gasteiger partial charge in [0.2, 0.25) is 5.91 Å². The lowest BCUT2D eigenvalue weighted by Crippen LogP contribution is -2.52. The van der Waals surface area contributed by atoms with Gasteiger partial charge in [-0.15, -0.1) is 0 Å². The molecule has 1 saturated carbocycles. The van der Waals surface area contributed by atoms with Crippen LogP contribution in [-0.4, -0.2) is 47.6 Å². The molecule has 2 N–H and O–H groups in total. The third-order valence-electron chi connectivity index (χ3n) is 7.45. The molecule has 2 aromatic rings. The van der Waals surface area contributed by atoms with Crippen LogP contribution < -0.4 is 15.5 Å². The van der Waals surface area contributed by atoms with Crippen LogP contribution in [0.1, 0.15) is 54.4 Å². The number of hydrogen-bond acceptors (Lipinski definition) is 4. The Hall–Kier alpha value is -3.24. The predicted octanol–water partition coefficient (Wildman–Crippen LogP) is 4.00. The summed E-state index contributed by atoms with van der Waals surface area (Å²) in [5.41, 5.74) is -0.276. The summed E-state index contributed by atoms with van der Waals surface area (Å²) in [5.74, 6) is -2.28. The highest BCUT2D eigenvalue weighted by molar-refractivity contribution is 5.94. The second-order valence-corrected chi connectivity index (χ2v) is 9.85. The zero-order valence-corrected chi connectivity index (χ0v) is 19.2. The molecule has 11 heteroatoms. The fraction of sp³-hybridized carbons (Fsp3) is 0.480. The zero-order valence-electron chi connectivity index (χ0n) is 19.2. The maximum absolute atomic E-state index is 13.7. The van der Waals surface area contributed by atoms with Gasteiger partial charge in [-0.3, -0.25) is 9.59 Å². The Morgan fingerprint density at radius 3 is 2.28 bits per heavy atom. The van der Waals surface area contributed by atoms with Crippen molar-refractivity contribution in [1.29, 1.82) is 0 Å². The Balaban J connectivity index is 1.21. The second kappa shape index (κ2) is 9.01. The highest BCUT2D eigenvalue weighted by atomic mass is 19.4. The Kier molecular flexibility index (Phi) is 6.12. The minimum absolute atomic E-state index is 0.0458. The van der Waals surface area contributed by atoms with Crippen molar-refractivity contribution in [3.63, 3.8) is 0 Å². The number of nitrogens with zero attached hydrogens (tertiary/aromatic N) is 2. The number of alkyl halides is 3. The van der Waals surface area contributed by atoms with Gasteiger partial charge in [0.25, 0.3) is 5.91 Å². The highest BCUT2D eigenvalue weighted by Gasteiger charge is 2.52. The third-order valence-corrected chi connectivity index (χ3v) is 7.45. The molecule has 3 aliphatic rings. The van der Waals surface area contributed by atoms with E-state index in [-0.39, 0.29) is 29.6 Å². The molecule has 1 aliphatic carbocycles. The molecular weight excluding hydrogens is 483 g/mol. The number of carbonyl (C=O) groups is 2. The van der Waals surface area contributed by atoms with Crippen molar-refractivity contribution >= 4 is 17.6 Å². The summed E-state index contributed by atoms with van der Waals surface area (Å²) >= 11 is 0. The van der Waals surface area contributed by atoms with Gasteiger partial charge in [-0.1, -0.05) is 6.07 Å². The Morgan fingerprint density at radius 1 is 1.03 bits per heavy atom. The summed E-state index contributed by atoms with van der Waals surface area (Å²) in [6.07, 6.45) is 1.13. The molecule has 2 amide bonds. The lowest BCUT2D eigenvalue weighted by atomic mass is 9.92. The average molecular weight is 508 g/mol. The van der Waals surface area contributed by atoms with Gasteiger partial charge in [0, 0.05) is 24.3 Å². The summed E-state index contributed by atoms with van der Waals surface area (Å²) in [4.78, 5) is 31.6. The first-order valence-corrected chi connectivity index (χ1v) is 11.9. The van der Waals surface area contributed by atoms with E-state index in [0.29, 0.717) is 37.1 Å². The van der Waals surface area contributed by atoms with Gasteiger partial charge in [-0.05, 0) is 68.4 Å². The van der Waals surface area contributed by atoms with Gasteiger partial charge in [0.1, 0.15) is 12.4 Å². The largest absolute Gasteiger partial charge is 0.405 e. The number of halogens is 5. The number of piperidine rings is 1. The monoisotopic (exact) mass is 508 g/mol. The smallest absolute Gasteiger partial charge is 0.352 e. The van der Waals surface area contributed by atoms with Crippen molar-refractivity contribution in [2.45, 2.75) is 68.2 Å². The normalized spacial score (nSPS) is 24.4. The van der Waals surface area contributed by atoms with Crippen LogP contribution in [0.3, 0.4) is 0 Å². The van der Waals surface area contributed by atoms with E-state index in [1.807, 2.05) is 5.32 Å². The molecule has 3 heterocycles. The molecule has 2 aliphatic heterocycles. The number of amides is 2. The molecule has 2 atom stereocenters. The molecule has 192 valence electrons. The summed E-state index contributed by atoms with van der Waals surface area (Å²) < 4.78 is 64.1. The molecule has 1 aromatic heterocycles. The summed E-state index contributed by atoms with van der Waals surface area (Å²) in [7, 11) is 0. The minimum Gasteiger partial charge on any atom is -0.352 e. The van der Waals surface area contributed by atoms with Gasteiger partial charge < -0.3 is 15.5 Å².